The molecule has 2 rings (SSSR count). The van der Waals surface area contributed by atoms with Gasteiger partial charge in [0.1, 0.15) is 0 Å². The summed E-state index contributed by atoms with van der Waals surface area (Å²) in [5.41, 5.74) is 0.554. The Kier molecular flexibility index (Phi) is 5.04. The van der Waals surface area contributed by atoms with Gasteiger partial charge in [-0.3, -0.25) is 4.79 Å². The zero-order valence-electron chi connectivity index (χ0n) is 10.2. The van der Waals surface area contributed by atoms with Crippen molar-refractivity contribution in [3.63, 3.8) is 0 Å². The highest BCUT2D eigenvalue weighted by Gasteiger charge is 2.17. The predicted molar refractivity (Wildman–Crippen MR) is 75.6 cm³/mol. The Hall–Kier alpha value is -0.570. The zero-order valence-corrected chi connectivity index (χ0v) is 11.7. The number of hydrogen-bond acceptors (Lipinski definition) is 2. The molecule has 2 nitrogen and oxygen atoms in total. The van der Waals surface area contributed by atoms with Crippen molar-refractivity contribution >= 4 is 29.0 Å². The van der Waals surface area contributed by atoms with Gasteiger partial charge in [-0.1, -0.05) is 29.3 Å². The Balaban J connectivity index is 1.93. The van der Waals surface area contributed by atoms with Crippen molar-refractivity contribution in [1.82, 2.24) is 5.32 Å². The lowest BCUT2D eigenvalue weighted by molar-refractivity contribution is 0.0971. The first-order valence-electron chi connectivity index (χ1n) is 6.36. The number of carbonyl (C=O) groups is 1. The van der Waals surface area contributed by atoms with Gasteiger partial charge in [-0.15, -0.1) is 0 Å². The molecular weight excluding hydrogens is 269 g/mol. The van der Waals surface area contributed by atoms with E-state index in [2.05, 4.69) is 5.32 Å². The van der Waals surface area contributed by atoms with Crippen LogP contribution in [-0.2, 0) is 0 Å². The average Bonchev–Trinajstić information content (AvgIpc) is 2.40. The van der Waals surface area contributed by atoms with Crippen molar-refractivity contribution < 1.29 is 4.79 Å². The molecule has 4 heteroatoms. The summed E-state index contributed by atoms with van der Waals surface area (Å²) in [5, 5.41) is 4.16. The van der Waals surface area contributed by atoms with E-state index in [1.165, 1.54) is 0 Å². The fraction of sp³-hybridized carbons (Fsp3) is 0.500. The number of rotatable bonds is 4. The van der Waals surface area contributed by atoms with Crippen LogP contribution in [0.15, 0.2) is 18.2 Å². The Bertz CT molecular complexity index is 428. The summed E-state index contributed by atoms with van der Waals surface area (Å²) in [5.74, 6) is 0.759. The maximum Gasteiger partial charge on any atom is 0.164 e. The molecule has 1 aromatic rings. The van der Waals surface area contributed by atoms with Crippen molar-refractivity contribution in [2.24, 2.45) is 5.92 Å². The van der Waals surface area contributed by atoms with Crippen molar-refractivity contribution in [3.05, 3.63) is 33.8 Å². The summed E-state index contributed by atoms with van der Waals surface area (Å²) >= 11 is 12.0. The molecule has 0 unspecified atom stereocenters. The summed E-state index contributed by atoms with van der Waals surface area (Å²) < 4.78 is 0. The van der Waals surface area contributed by atoms with Crippen molar-refractivity contribution in [1.29, 1.82) is 0 Å². The van der Waals surface area contributed by atoms with Crippen LogP contribution in [0, 0.1) is 5.92 Å². The lowest BCUT2D eigenvalue weighted by atomic mass is 9.91. The van der Waals surface area contributed by atoms with Gasteiger partial charge in [0, 0.05) is 12.0 Å². The van der Waals surface area contributed by atoms with Crippen molar-refractivity contribution in [2.75, 3.05) is 13.1 Å². The molecule has 1 saturated heterocycles. The van der Waals surface area contributed by atoms with Gasteiger partial charge < -0.3 is 5.32 Å². The molecule has 1 N–H and O–H groups in total. The quantitative estimate of drug-likeness (QED) is 0.849. The van der Waals surface area contributed by atoms with E-state index < -0.39 is 0 Å². The van der Waals surface area contributed by atoms with Gasteiger partial charge in [-0.2, -0.15) is 0 Å². The molecule has 0 aliphatic carbocycles. The summed E-state index contributed by atoms with van der Waals surface area (Å²) in [6.45, 7) is 2.13. The second-order valence-electron chi connectivity index (χ2n) is 4.76. The monoisotopic (exact) mass is 285 g/mol. The van der Waals surface area contributed by atoms with Crippen LogP contribution in [0.2, 0.25) is 10.0 Å². The normalized spacial score (nSPS) is 16.8. The highest BCUT2D eigenvalue weighted by molar-refractivity contribution is 6.43. The second-order valence-corrected chi connectivity index (χ2v) is 5.54. The third kappa shape index (κ3) is 3.47. The van der Waals surface area contributed by atoms with E-state index >= 15 is 0 Å². The Morgan fingerprint density at radius 2 is 2.00 bits per heavy atom. The number of Topliss-reactive ketones (excluding diaryl/α,β-unsaturated/α-hetero) is 1. The van der Waals surface area contributed by atoms with Crippen LogP contribution in [0.1, 0.15) is 36.0 Å². The highest BCUT2D eigenvalue weighted by Crippen LogP contribution is 2.27. The summed E-state index contributed by atoms with van der Waals surface area (Å²) in [7, 11) is 0. The highest BCUT2D eigenvalue weighted by atomic mass is 35.5. The van der Waals surface area contributed by atoms with Gasteiger partial charge in [0.15, 0.2) is 5.78 Å². The maximum absolute atomic E-state index is 12.1. The van der Waals surface area contributed by atoms with Crippen LogP contribution >= 0.6 is 23.2 Å². The standard InChI is InChI=1S/C14H17Cl2NO/c15-12-3-1-2-11(14(12)16)13(18)5-4-10-6-8-17-9-7-10/h1-3,10,17H,4-9H2. The lowest BCUT2D eigenvalue weighted by Crippen LogP contribution is -2.28. The summed E-state index contributed by atoms with van der Waals surface area (Å²) in [6.07, 6.45) is 3.83. The first kappa shape index (κ1) is 13.9. The lowest BCUT2D eigenvalue weighted by Gasteiger charge is -2.22. The first-order valence-corrected chi connectivity index (χ1v) is 7.12. The van der Waals surface area contributed by atoms with E-state index in [4.69, 9.17) is 23.2 Å². The van der Waals surface area contributed by atoms with Gasteiger partial charge in [0.25, 0.3) is 0 Å². The molecular formula is C14H17Cl2NO. The van der Waals surface area contributed by atoms with Crippen LogP contribution in [0.3, 0.4) is 0 Å². The van der Waals surface area contributed by atoms with Gasteiger partial charge in [-0.05, 0) is 50.4 Å². The molecule has 0 aromatic heterocycles. The Morgan fingerprint density at radius 1 is 1.28 bits per heavy atom. The number of halogens is 2. The fourth-order valence-corrected chi connectivity index (χ4v) is 2.77. The largest absolute Gasteiger partial charge is 0.317 e. The second kappa shape index (κ2) is 6.55. The number of nitrogens with one attached hydrogen (secondary N) is 1. The molecule has 1 heterocycles. The zero-order chi connectivity index (χ0) is 13.0. The fourth-order valence-electron chi connectivity index (χ4n) is 2.36. The van der Waals surface area contributed by atoms with E-state index in [-0.39, 0.29) is 5.78 Å². The predicted octanol–water partition coefficient (Wildman–Crippen LogP) is 3.96. The van der Waals surface area contributed by atoms with Gasteiger partial charge in [0.2, 0.25) is 0 Å². The number of carbonyl (C=O) groups excluding carboxylic acids is 1. The van der Waals surface area contributed by atoms with Gasteiger partial charge >= 0.3 is 0 Å². The molecule has 1 aromatic carbocycles. The van der Waals surface area contributed by atoms with Crippen LogP contribution in [0.25, 0.3) is 0 Å². The third-order valence-electron chi connectivity index (χ3n) is 3.49. The summed E-state index contributed by atoms with van der Waals surface area (Å²) in [4.78, 5) is 12.1. The third-order valence-corrected chi connectivity index (χ3v) is 4.31. The maximum atomic E-state index is 12.1. The topological polar surface area (TPSA) is 29.1 Å². The van der Waals surface area contributed by atoms with Crippen molar-refractivity contribution in [3.8, 4) is 0 Å². The molecule has 0 saturated carbocycles. The molecule has 0 spiro atoms. The molecule has 0 radical (unpaired) electrons. The summed E-state index contributed by atoms with van der Waals surface area (Å²) in [6, 6.07) is 5.22. The molecule has 0 atom stereocenters. The van der Waals surface area contributed by atoms with Crippen LogP contribution < -0.4 is 5.32 Å². The van der Waals surface area contributed by atoms with Gasteiger partial charge in [-0.25, -0.2) is 0 Å². The number of hydrogen-bond donors (Lipinski definition) is 1. The molecule has 1 fully saturated rings. The molecule has 0 amide bonds. The van der Waals surface area contributed by atoms with Crippen LogP contribution in [-0.4, -0.2) is 18.9 Å². The average molecular weight is 286 g/mol. The van der Waals surface area contributed by atoms with Crippen LogP contribution in [0.4, 0.5) is 0 Å². The molecule has 18 heavy (non-hydrogen) atoms. The molecule has 1 aliphatic heterocycles. The van der Waals surface area contributed by atoms with Crippen LogP contribution in [0.5, 0.6) is 0 Å². The molecule has 0 bridgehead atoms. The molecule has 98 valence electrons. The van der Waals surface area contributed by atoms with Gasteiger partial charge in [0.05, 0.1) is 10.0 Å². The first-order chi connectivity index (χ1) is 8.68. The minimum atomic E-state index is 0.0982. The smallest absolute Gasteiger partial charge is 0.164 e. The molecule has 1 aliphatic rings. The minimum absolute atomic E-state index is 0.0982. The van der Waals surface area contributed by atoms with E-state index in [1.807, 2.05) is 0 Å². The van der Waals surface area contributed by atoms with E-state index in [1.54, 1.807) is 18.2 Å². The number of piperidine rings is 1. The Morgan fingerprint density at radius 3 is 2.72 bits per heavy atom. The minimum Gasteiger partial charge on any atom is -0.317 e. The number of benzene rings is 1. The Labute approximate surface area is 118 Å². The SMILES string of the molecule is O=C(CCC1CCNCC1)c1cccc(Cl)c1Cl. The number of ketones is 1. The van der Waals surface area contributed by atoms with E-state index in [0.717, 1.165) is 32.4 Å². The van der Waals surface area contributed by atoms with E-state index in [0.29, 0.717) is 27.9 Å². The van der Waals surface area contributed by atoms with Crippen molar-refractivity contribution in [2.45, 2.75) is 25.7 Å². The van der Waals surface area contributed by atoms with E-state index in [9.17, 15) is 4.79 Å².